The van der Waals surface area contributed by atoms with Crippen LogP contribution in [0.1, 0.15) is 39.3 Å². The topological polar surface area (TPSA) is 76.2 Å². The minimum atomic E-state index is -0.990. The second-order valence-electron chi connectivity index (χ2n) is 8.26. The molecule has 1 aromatic heterocycles. The number of para-hydroxylation sites is 1. The van der Waals surface area contributed by atoms with E-state index in [-0.39, 0.29) is 18.1 Å². The highest BCUT2D eigenvalue weighted by atomic mass is 32.1. The molecule has 7 nitrogen and oxygen atoms in total. The van der Waals surface area contributed by atoms with Crippen LogP contribution < -0.4 is 9.96 Å². The summed E-state index contributed by atoms with van der Waals surface area (Å²) in [6.45, 7) is 5.58. The van der Waals surface area contributed by atoms with Crippen molar-refractivity contribution in [2.24, 2.45) is 5.92 Å². The summed E-state index contributed by atoms with van der Waals surface area (Å²) < 4.78 is 5.23. The van der Waals surface area contributed by atoms with Crippen molar-refractivity contribution in [3.63, 3.8) is 0 Å². The average Bonchev–Trinajstić information content (AvgIpc) is 3.45. The van der Waals surface area contributed by atoms with Gasteiger partial charge in [-0.2, -0.15) is 0 Å². The largest absolute Gasteiger partial charge is 0.462 e. The Morgan fingerprint density at radius 3 is 2.29 bits per heavy atom. The van der Waals surface area contributed by atoms with E-state index in [2.05, 4.69) is 0 Å². The number of thiophene rings is 1. The van der Waals surface area contributed by atoms with Gasteiger partial charge < -0.3 is 4.74 Å². The lowest BCUT2D eigenvalue weighted by molar-refractivity contribution is -0.126. The quantitative estimate of drug-likeness (QED) is 0.396. The van der Waals surface area contributed by atoms with E-state index in [1.54, 1.807) is 18.9 Å². The van der Waals surface area contributed by atoms with Crippen LogP contribution in [-0.4, -0.2) is 30.5 Å². The standard InChI is InChI=1S/C26H24N2O5S/c1-4-32-26(31)19-15(2)16(3)34-25(19)27-23(29)20-21(17-11-7-5-8-12-17)28(33-22(20)24(27)30)18-13-9-6-10-14-18/h5-14,20-22H,4H2,1-3H3/t20-,21+,22+/m1/s1. The molecule has 8 heteroatoms. The molecule has 0 spiro atoms. The fourth-order valence-corrected chi connectivity index (χ4v) is 5.77. The van der Waals surface area contributed by atoms with Crippen LogP contribution in [0.25, 0.3) is 0 Å². The molecule has 2 saturated heterocycles. The van der Waals surface area contributed by atoms with Gasteiger partial charge in [-0.3, -0.25) is 14.4 Å². The molecule has 2 aliphatic heterocycles. The Kier molecular flexibility index (Phi) is 5.71. The minimum Gasteiger partial charge on any atom is -0.462 e. The van der Waals surface area contributed by atoms with Gasteiger partial charge in [-0.05, 0) is 44.0 Å². The first-order valence-corrected chi connectivity index (χ1v) is 12.0. The Labute approximate surface area is 201 Å². The minimum absolute atomic E-state index is 0.199. The Morgan fingerprint density at radius 1 is 1.00 bits per heavy atom. The van der Waals surface area contributed by atoms with Crippen LogP contribution in [0.2, 0.25) is 0 Å². The lowest BCUT2D eigenvalue weighted by atomic mass is 9.90. The predicted molar refractivity (Wildman–Crippen MR) is 129 cm³/mol. The summed E-state index contributed by atoms with van der Waals surface area (Å²) in [5.41, 5.74) is 2.60. The van der Waals surface area contributed by atoms with Gasteiger partial charge in [-0.1, -0.05) is 48.5 Å². The van der Waals surface area contributed by atoms with Gasteiger partial charge in [0.1, 0.15) is 10.9 Å². The van der Waals surface area contributed by atoms with Crippen LogP contribution in [0.5, 0.6) is 0 Å². The van der Waals surface area contributed by atoms with Crippen molar-refractivity contribution >= 4 is 39.8 Å². The molecule has 2 aliphatic rings. The maximum atomic E-state index is 13.9. The number of anilines is 2. The highest BCUT2D eigenvalue weighted by molar-refractivity contribution is 7.17. The number of hydrogen-bond acceptors (Lipinski definition) is 7. The molecule has 2 amide bonds. The van der Waals surface area contributed by atoms with Crippen LogP contribution in [0.15, 0.2) is 60.7 Å². The van der Waals surface area contributed by atoms with E-state index in [9.17, 15) is 14.4 Å². The van der Waals surface area contributed by atoms with E-state index in [1.807, 2.05) is 67.6 Å². The zero-order valence-corrected chi connectivity index (χ0v) is 19.9. The number of carbonyl (C=O) groups excluding carboxylic acids is 3. The molecule has 3 atom stereocenters. The summed E-state index contributed by atoms with van der Waals surface area (Å²) in [5, 5.41) is 1.97. The van der Waals surface area contributed by atoms with Crippen LogP contribution in [-0.2, 0) is 19.2 Å². The molecule has 34 heavy (non-hydrogen) atoms. The summed E-state index contributed by atoms with van der Waals surface area (Å²) in [6, 6.07) is 18.5. The summed E-state index contributed by atoms with van der Waals surface area (Å²) in [6.07, 6.45) is -0.990. The summed E-state index contributed by atoms with van der Waals surface area (Å²) in [7, 11) is 0. The number of nitrogens with zero attached hydrogens (tertiary/aromatic N) is 2. The van der Waals surface area contributed by atoms with E-state index in [0.29, 0.717) is 10.6 Å². The number of fused-ring (bicyclic) bond motifs is 1. The van der Waals surface area contributed by atoms with E-state index < -0.39 is 29.9 Å². The zero-order valence-electron chi connectivity index (χ0n) is 19.1. The van der Waals surface area contributed by atoms with Crippen LogP contribution in [0, 0.1) is 19.8 Å². The Morgan fingerprint density at radius 2 is 1.65 bits per heavy atom. The maximum Gasteiger partial charge on any atom is 0.341 e. The van der Waals surface area contributed by atoms with Gasteiger partial charge in [-0.15, -0.1) is 11.3 Å². The van der Waals surface area contributed by atoms with Crippen LogP contribution in [0.3, 0.4) is 0 Å². The summed E-state index contributed by atoms with van der Waals surface area (Å²) >= 11 is 1.25. The molecule has 2 fully saturated rings. The van der Waals surface area contributed by atoms with Crippen molar-refractivity contribution in [1.82, 2.24) is 0 Å². The van der Waals surface area contributed by atoms with Gasteiger partial charge >= 0.3 is 5.97 Å². The van der Waals surface area contributed by atoms with Crippen molar-refractivity contribution in [1.29, 1.82) is 0 Å². The van der Waals surface area contributed by atoms with Crippen LogP contribution in [0.4, 0.5) is 10.7 Å². The number of esters is 1. The van der Waals surface area contributed by atoms with Gasteiger partial charge in [0, 0.05) is 4.88 Å². The molecule has 0 radical (unpaired) electrons. The summed E-state index contributed by atoms with van der Waals surface area (Å²) in [5.74, 6) is -2.15. The molecule has 2 aromatic carbocycles. The molecule has 174 valence electrons. The first-order chi connectivity index (χ1) is 16.4. The number of hydroxylamine groups is 1. The maximum absolute atomic E-state index is 13.9. The predicted octanol–water partition coefficient (Wildman–Crippen LogP) is 4.59. The number of hydrogen-bond donors (Lipinski definition) is 0. The molecule has 3 aromatic rings. The number of amides is 2. The van der Waals surface area contributed by atoms with Gasteiger partial charge in [-0.25, -0.2) is 14.8 Å². The summed E-state index contributed by atoms with van der Waals surface area (Å²) in [4.78, 5) is 48.4. The number of ether oxygens (including phenoxy) is 1. The second-order valence-corrected chi connectivity index (χ2v) is 9.47. The van der Waals surface area contributed by atoms with Crippen molar-refractivity contribution in [2.45, 2.75) is 32.9 Å². The van der Waals surface area contributed by atoms with E-state index >= 15 is 0 Å². The SMILES string of the molecule is CCOC(=O)c1c(N2C(=O)[C@H]3[C@H](ON(c4ccccc4)[C@H]3c3ccccc3)C2=O)sc(C)c1C. The molecular weight excluding hydrogens is 452 g/mol. The van der Waals surface area contributed by atoms with Crippen molar-refractivity contribution in [2.75, 3.05) is 16.6 Å². The average molecular weight is 477 g/mol. The van der Waals surface area contributed by atoms with Crippen molar-refractivity contribution < 1.29 is 24.0 Å². The number of carbonyl (C=O) groups is 3. The molecule has 0 saturated carbocycles. The first-order valence-electron chi connectivity index (χ1n) is 11.1. The third kappa shape index (κ3) is 3.41. The Bertz CT molecular complexity index is 1260. The molecule has 0 bridgehead atoms. The Hall–Kier alpha value is -3.49. The Balaban J connectivity index is 1.59. The lowest BCUT2D eigenvalue weighted by Crippen LogP contribution is -2.37. The second kappa shape index (κ2) is 8.70. The van der Waals surface area contributed by atoms with Gasteiger partial charge in [0.05, 0.1) is 23.9 Å². The number of rotatable bonds is 5. The number of imide groups is 1. The van der Waals surface area contributed by atoms with E-state index in [0.717, 1.165) is 21.0 Å². The van der Waals surface area contributed by atoms with Crippen LogP contribution >= 0.6 is 11.3 Å². The third-order valence-corrected chi connectivity index (χ3v) is 7.51. The fourth-order valence-electron chi connectivity index (χ4n) is 4.61. The zero-order chi connectivity index (χ0) is 24.0. The van der Waals surface area contributed by atoms with Crippen molar-refractivity contribution in [3.8, 4) is 0 Å². The van der Waals surface area contributed by atoms with Gasteiger partial charge in [0.2, 0.25) is 5.91 Å². The highest BCUT2D eigenvalue weighted by Gasteiger charge is 2.61. The van der Waals surface area contributed by atoms with E-state index in [1.165, 1.54) is 11.3 Å². The highest BCUT2D eigenvalue weighted by Crippen LogP contribution is 2.49. The third-order valence-electron chi connectivity index (χ3n) is 6.32. The van der Waals surface area contributed by atoms with Crippen molar-refractivity contribution in [3.05, 3.63) is 82.2 Å². The molecular formula is C26H24N2O5S. The lowest BCUT2D eigenvalue weighted by Gasteiger charge is -2.28. The normalized spacial score (nSPS) is 21.8. The molecule has 5 rings (SSSR count). The molecule has 0 unspecified atom stereocenters. The molecule has 3 heterocycles. The molecule has 0 N–H and O–H groups in total. The first kappa shape index (κ1) is 22.3. The van der Waals surface area contributed by atoms with E-state index in [4.69, 9.17) is 9.57 Å². The monoisotopic (exact) mass is 476 g/mol. The smallest absolute Gasteiger partial charge is 0.341 e. The van der Waals surface area contributed by atoms with Gasteiger partial charge in [0.15, 0.2) is 6.10 Å². The number of aryl methyl sites for hydroxylation is 1. The number of benzene rings is 2. The molecule has 0 aliphatic carbocycles. The fraction of sp³-hybridized carbons (Fsp3) is 0.269. The van der Waals surface area contributed by atoms with Gasteiger partial charge in [0.25, 0.3) is 5.91 Å².